The number of aromatic nitrogens is 2. The molecule has 1 aromatic heterocycles. The van der Waals surface area contributed by atoms with E-state index in [4.69, 9.17) is 16.3 Å². The molecule has 0 fully saturated rings. The Morgan fingerprint density at radius 3 is 2.59 bits per heavy atom. The Morgan fingerprint density at radius 1 is 1.10 bits per heavy atom. The van der Waals surface area contributed by atoms with Gasteiger partial charge in [-0.3, -0.25) is 9.59 Å². The molecule has 2 aromatic carbocycles. The molecular weight excluding hydrogens is 412 g/mol. The fourth-order valence-corrected chi connectivity index (χ4v) is 3.12. The van der Waals surface area contributed by atoms with E-state index in [0.29, 0.717) is 27.0 Å². The predicted octanol–water partition coefficient (Wildman–Crippen LogP) is 4.16. The van der Waals surface area contributed by atoms with Gasteiger partial charge in [-0.2, -0.15) is 0 Å². The molecule has 2 amide bonds. The number of anilines is 1. The summed E-state index contributed by atoms with van der Waals surface area (Å²) in [6.07, 6.45) is 0. The minimum absolute atomic E-state index is 0.0238. The van der Waals surface area contributed by atoms with Crippen molar-refractivity contribution in [3.8, 4) is 5.75 Å². The number of ether oxygens (including phenoxy) is 1. The summed E-state index contributed by atoms with van der Waals surface area (Å²) in [6, 6.07) is 13.7. The SMILES string of the molecule is CC(C)NC(=O)c1cccc(NC(=O)c2nnc(COc3ccc(Cl)cc3)s2)c1. The van der Waals surface area contributed by atoms with Crippen LogP contribution in [0.5, 0.6) is 5.75 Å². The van der Waals surface area contributed by atoms with Crippen LogP contribution in [0, 0.1) is 0 Å². The second-order valence-corrected chi connectivity index (χ2v) is 7.91. The van der Waals surface area contributed by atoms with Gasteiger partial charge in [0.25, 0.3) is 11.8 Å². The average molecular weight is 431 g/mol. The van der Waals surface area contributed by atoms with E-state index in [2.05, 4.69) is 20.8 Å². The lowest BCUT2D eigenvalue weighted by Gasteiger charge is -2.09. The fourth-order valence-electron chi connectivity index (χ4n) is 2.35. The Balaban J connectivity index is 1.60. The van der Waals surface area contributed by atoms with Crippen LogP contribution in [-0.2, 0) is 6.61 Å². The minimum Gasteiger partial charge on any atom is -0.486 e. The standard InChI is InChI=1S/C20H19ClN4O3S/c1-12(2)22-18(26)13-4-3-5-15(10-13)23-19(27)20-25-24-17(29-20)11-28-16-8-6-14(21)7-9-16/h3-10,12H,11H2,1-2H3,(H,22,26)(H,23,27). The van der Waals surface area contributed by atoms with Crippen molar-refractivity contribution in [2.75, 3.05) is 5.32 Å². The molecule has 0 atom stereocenters. The van der Waals surface area contributed by atoms with Gasteiger partial charge >= 0.3 is 0 Å². The van der Waals surface area contributed by atoms with Crippen LogP contribution in [0.15, 0.2) is 48.5 Å². The van der Waals surface area contributed by atoms with Crippen molar-refractivity contribution in [3.63, 3.8) is 0 Å². The number of carbonyl (C=O) groups is 2. The van der Waals surface area contributed by atoms with E-state index in [1.807, 2.05) is 13.8 Å². The molecule has 0 unspecified atom stereocenters. The maximum Gasteiger partial charge on any atom is 0.286 e. The summed E-state index contributed by atoms with van der Waals surface area (Å²) in [5.74, 6) is 0.0439. The van der Waals surface area contributed by atoms with Crippen LogP contribution in [0.4, 0.5) is 5.69 Å². The summed E-state index contributed by atoms with van der Waals surface area (Å²) >= 11 is 6.98. The van der Waals surface area contributed by atoms with Crippen LogP contribution in [0.1, 0.15) is 39.0 Å². The highest BCUT2D eigenvalue weighted by Gasteiger charge is 2.15. The van der Waals surface area contributed by atoms with E-state index in [0.717, 1.165) is 11.3 Å². The van der Waals surface area contributed by atoms with E-state index >= 15 is 0 Å². The average Bonchev–Trinajstić information content (AvgIpc) is 3.16. The first kappa shape index (κ1) is 20.8. The summed E-state index contributed by atoms with van der Waals surface area (Å²) in [5.41, 5.74) is 0.964. The van der Waals surface area contributed by atoms with Crippen molar-refractivity contribution < 1.29 is 14.3 Å². The first-order chi connectivity index (χ1) is 13.9. The highest BCUT2D eigenvalue weighted by molar-refractivity contribution is 7.13. The normalized spacial score (nSPS) is 10.6. The molecule has 0 aliphatic carbocycles. The third-order valence-electron chi connectivity index (χ3n) is 3.64. The molecule has 3 aromatic rings. The van der Waals surface area contributed by atoms with E-state index in [-0.39, 0.29) is 23.6 Å². The first-order valence-electron chi connectivity index (χ1n) is 8.84. The number of rotatable bonds is 7. The highest BCUT2D eigenvalue weighted by Crippen LogP contribution is 2.19. The van der Waals surface area contributed by atoms with Gasteiger partial charge in [-0.25, -0.2) is 0 Å². The van der Waals surface area contributed by atoms with Crippen LogP contribution < -0.4 is 15.4 Å². The fraction of sp³-hybridized carbons (Fsp3) is 0.200. The number of nitrogens with one attached hydrogen (secondary N) is 2. The van der Waals surface area contributed by atoms with Crippen LogP contribution in [0.2, 0.25) is 5.02 Å². The minimum atomic E-state index is -0.401. The lowest BCUT2D eigenvalue weighted by atomic mass is 10.2. The van der Waals surface area contributed by atoms with Crippen LogP contribution in [0.25, 0.3) is 0 Å². The number of nitrogens with zero attached hydrogens (tertiary/aromatic N) is 2. The number of hydrogen-bond acceptors (Lipinski definition) is 6. The third kappa shape index (κ3) is 6.00. The summed E-state index contributed by atoms with van der Waals surface area (Å²) < 4.78 is 5.61. The number of carbonyl (C=O) groups excluding carboxylic acids is 2. The Labute approximate surface area is 177 Å². The second-order valence-electron chi connectivity index (χ2n) is 6.41. The molecule has 0 radical (unpaired) electrons. The van der Waals surface area contributed by atoms with Gasteiger partial charge in [0.1, 0.15) is 12.4 Å². The van der Waals surface area contributed by atoms with Gasteiger partial charge in [0.2, 0.25) is 5.01 Å². The molecule has 29 heavy (non-hydrogen) atoms. The van der Waals surface area contributed by atoms with Crippen molar-refractivity contribution in [3.05, 3.63) is 69.1 Å². The Morgan fingerprint density at radius 2 is 1.86 bits per heavy atom. The number of benzene rings is 2. The molecule has 150 valence electrons. The Bertz CT molecular complexity index is 1000. The summed E-state index contributed by atoms with van der Waals surface area (Å²) in [6.45, 7) is 3.96. The lowest BCUT2D eigenvalue weighted by molar-refractivity contribution is 0.0941. The highest BCUT2D eigenvalue weighted by atomic mass is 35.5. The lowest BCUT2D eigenvalue weighted by Crippen LogP contribution is -2.30. The van der Waals surface area contributed by atoms with Gasteiger partial charge in [0, 0.05) is 22.3 Å². The van der Waals surface area contributed by atoms with E-state index < -0.39 is 5.91 Å². The molecule has 0 bridgehead atoms. The zero-order chi connectivity index (χ0) is 20.8. The third-order valence-corrected chi connectivity index (χ3v) is 4.79. The zero-order valence-electron chi connectivity index (χ0n) is 15.8. The van der Waals surface area contributed by atoms with Crippen LogP contribution >= 0.6 is 22.9 Å². The molecule has 7 nitrogen and oxygen atoms in total. The van der Waals surface area contributed by atoms with Crippen LogP contribution in [0.3, 0.4) is 0 Å². The maximum atomic E-state index is 12.4. The quantitative estimate of drug-likeness (QED) is 0.587. The van der Waals surface area contributed by atoms with E-state index in [9.17, 15) is 9.59 Å². The van der Waals surface area contributed by atoms with Gasteiger partial charge in [-0.05, 0) is 56.3 Å². The largest absolute Gasteiger partial charge is 0.486 e. The first-order valence-corrected chi connectivity index (χ1v) is 10.0. The zero-order valence-corrected chi connectivity index (χ0v) is 17.4. The van der Waals surface area contributed by atoms with Gasteiger partial charge in [0.15, 0.2) is 5.01 Å². The van der Waals surface area contributed by atoms with Gasteiger partial charge in [-0.1, -0.05) is 29.0 Å². The molecule has 1 heterocycles. The van der Waals surface area contributed by atoms with Crippen molar-refractivity contribution in [2.45, 2.75) is 26.5 Å². The van der Waals surface area contributed by atoms with Crippen molar-refractivity contribution in [2.24, 2.45) is 0 Å². The molecule has 2 N–H and O–H groups in total. The molecule has 0 saturated heterocycles. The van der Waals surface area contributed by atoms with Gasteiger partial charge in [0.05, 0.1) is 0 Å². The van der Waals surface area contributed by atoms with Gasteiger partial charge in [-0.15, -0.1) is 10.2 Å². The molecule has 0 aliphatic heterocycles. The molecule has 3 rings (SSSR count). The molecule has 0 spiro atoms. The van der Waals surface area contributed by atoms with Crippen LogP contribution in [-0.4, -0.2) is 28.1 Å². The molecular formula is C20H19ClN4O3S. The Kier molecular flexibility index (Phi) is 6.79. The summed E-state index contributed by atoms with van der Waals surface area (Å²) in [5, 5.41) is 14.8. The predicted molar refractivity (Wildman–Crippen MR) is 113 cm³/mol. The molecule has 0 saturated carbocycles. The number of halogens is 1. The van der Waals surface area contributed by atoms with Crippen molar-refractivity contribution >= 4 is 40.4 Å². The second kappa shape index (κ2) is 9.49. The van der Waals surface area contributed by atoms with Crippen molar-refractivity contribution in [1.29, 1.82) is 0 Å². The number of amides is 2. The smallest absolute Gasteiger partial charge is 0.286 e. The maximum absolute atomic E-state index is 12.4. The number of hydrogen-bond donors (Lipinski definition) is 2. The van der Waals surface area contributed by atoms with E-state index in [1.54, 1.807) is 48.5 Å². The van der Waals surface area contributed by atoms with Gasteiger partial charge < -0.3 is 15.4 Å². The monoisotopic (exact) mass is 430 g/mol. The molecule has 0 aliphatic rings. The summed E-state index contributed by atoms with van der Waals surface area (Å²) in [7, 11) is 0. The Hall–Kier alpha value is -2.97. The molecule has 9 heteroatoms. The van der Waals surface area contributed by atoms with Crippen molar-refractivity contribution in [1.82, 2.24) is 15.5 Å². The topological polar surface area (TPSA) is 93.2 Å². The summed E-state index contributed by atoms with van der Waals surface area (Å²) in [4.78, 5) is 24.5. The van der Waals surface area contributed by atoms with E-state index in [1.165, 1.54) is 0 Å².